The molecule has 0 unspecified atom stereocenters. The molecular formula is C8H9BrO3. The van der Waals surface area contributed by atoms with E-state index in [1.807, 2.05) is 12.1 Å². The number of furan rings is 1. The van der Waals surface area contributed by atoms with Crippen LogP contribution < -0.4 is 0 Å². The molecule has 2 rings (SSSR count). The van der Waals surface area contributed by atoms with E-state index in [1.165, 1.54) is 0 Å². The maximum absolute atomic E-state index is 5.34. The molecule has 4 heteroatoms. The van der Waals surface area contributed by atoms with Crippen LogP contribution >= 0.6 is 15.9 Å². The molecule has 0 radical (unpaired) electrons. The average molecular weight is 233 g/mol. The molecule has 1 aliphatic heterocycles. The van der Waals surface area contributed by atoms with Gasteiger partial charge in [-0.1, -0.05) is 0 Å². The van der Waals surface area contributed by atoms with Crippen molar-refractivity contribution in [1.82, 2.24) is 0 Å². The highest BCUT2D eigenvalue weighted by Crippen LogP contribution is 2.26. The van der Waals surface area contributed by atoms with Crippen LogP contribution in [0.2, 0.25) is 0 Å². The van der Waals surface area contributed by atoms with E-state index in [4.69, 9.17) is 13.9 Å². The van der Waals surface area contributed by atoms with Gasteiger partial charge in [0.25, 0.3) is 0 Å². The lowest BCUT2D eigenvalue weighted by molar-refractivity contribution is -0.191. The smallest absolute Gasteiger partial charge is 0.217 e. The van der Waals surface area contributed by atoms with Gasteiger partial charge < -0.3 is 13.9 Å². The Kier molecular flexibility index (Phi) is 2.48. The molecule has 0 N–H and O–H groups in total. The van der Waals surface area contributed by atoms with Gasteiger partial charge in [0.05, 0.1) is 13.2 Å². The van der Waals surface area contributed by atoms with E-state index >= 15 is 0 Å². The van der Waals surface area contributed by atoms with Crippen molar-refractivity contribution in [3.8, 4) is 0 Å². The molecule has 0 aromatic carbocycles. The summed E-state index contributed by atoms with van der Waals surface area (Å²) in [5, 5.41) is 0. The van der Waals surface area contributed by atoms with Gasteiger partial charge in [-0.05, 0) is 34.5 Å². The first-order chi connectivity index (χ1) is 5.86. The fraction of sp³-hybridized carbons (Fsp3) is 0.500. The molecule has 3 nitrogen and oxygen atoms in total. The van der Waals surface area contributed by atoms with Gasteiger partial charge >= 0.3 is 0 Å². The second kappa shape index (κ2) is 3.60. The third-order valence-electron chi connectivity index (χ3n) is 1.65. The summed E-state index contributed by atoms with van der Waals surface area (Å²) >= 11 is 3.22. The topological polar surface area (TPSA) is 31.6 Å². The summed E-state index contributed by atoms with van der Waals surface area (Å²) in [7, 11) is 0. The SMILES string of the molecule is Brc1ccc(C2OCCCO2)o1. The normalized spacial score (nSPS) is 19.8. The molecule has 1 aromatic rings. The van der Waals surface area contributed by atoms with Crippen molar-refractivity contribution in [2.45, 2.75) is 12.7 Å². The molecule has 0 spiro atoms. The Morgan fingerprint density at radius 3 is 2.58 bits per heavy atom. The second-order valence-corrected chi connectivity index (χ2v) is 3.35. The predicted octanol–water partition coefficient (Wildman–Crippen LogP) is 2.48. The van der Waals surface area contributed by atoms with Crippen molar-refractivity contribution in [3.05, 3.63) is 22.6 Å². The first kappa shape index (κ1) is 8.29. The van der Waals surface area contributed by atoms with Crippen molar-refractivity contribution in [2.75, 3.05) is 13.2 Å². The van der Waals surface area contributed by atoms with E-state index in [0.29, 0.717) is 4.67 Å². The number of rotatable bonds is 1. The lowest BCUT2D eigenvalue weighted by atomic mass is 10.4. The van der Waals surface area contributed by atoms with Crippen molar-refractivity contribution in [3.63, 3.8) is 0 Å². The maximum atomic E-state index is 5.34. The predicted molar refractivity (Wildman–Crippen MR) is 45.7 cm³/mol. The van der Waals surface area contributed by atoms with Crippen molar-refractivity contribution < 1.29 is 13.9 Å². The molecule has 12 heavy (non-hydrogen) atoms. The van der Waals surface area contributed by atoms with Crippen molar-refractivity contribution in [1.29, 1.82) is 0 Å². The minimum Gasteiger partial charge on any atom is -0.449 e. The summed E-state index contributed by atoms with van der Waals surface area (Å²) in [5.41, 5.74) is 0. The molecule has 66 valence electrons. The van der Waals surface area contributed by atoms with Gasteiger partial charge in [0.1, 0.15) is 0 Å². The van der Waals surface area contributed by atoms with Gasteiger partial charge in [0.2, 0.25) is 6.29 Å². The standard InChI is InChI=1S/C8H9BrO3/c9-7-3-2-6(12-7)8-10-4-1-5-11-8/h2-3,8H,1,4-5H2. The summed E-state index contributed by atoms with van der Waals surface area (Å²) in [6.07, 6.45) is 0.642. The first-order valence-corrected chi connectivity index (χ1v) is 4.64. The monoisotopic (exact) mass is 232 g/mol. The molecule has 0 saturated carbocycles. The number of hydrogen-bond donors (Lipinski definition) is 0. The number of ether oxygens (including phenoxy) is 2. The summed E-state index contributed by atoms with van der Waals surface area (Å²) in [4.78, 5) is 0. The van der Waals surface area contributed by atoms with Gasteiger partial charge in [-0.25, -0.2) is 0 Å². The number of hydrogen-bond acceptors (Lipinski definition) is 3. The molecule has 1 aromatic heterocycles. The molecule has 0 amide bonds. The molecule has 0 bridgehead atoms. The Morgan fingerprint density at radius 2 is 2.00 bits per heavy atom. The Hall–Kier alpha value is -0.320. The highest BCUT2D eigenvalue weighted by Gasteiger charge is 2.19. The zero-order chi connectivity index (χ0) is 8.39. The van der Waals surface area contributed by atoms with Gasteiger partial charge in [-0.15, -0.1) is 0 Å². The largest absolute Gasteiger partial charge is 0.449 e. The van der Waals surface area contributed by atoms with Crippen LogP contribution in [0.4, 0.5) is 0 Å². The van der Waals surface area contributed by atoms with Crippen LogP contribution in [0.1, 0.15) is 18.5 Å². The van der Waals surface area contributed by atoms with Crippen molar-refractivity contribution in [2.24, 2.45) is 0 Å². The summed E-state index contributed by atoms with van der Waals surface area (Å²) in [6.45, 7) is 1.48. The number of halogens is 1. The van der Waals surface area contributed by atoms with E-state index in [-0.39, 0.29) is 6.29 Å². The Balaban J connectivity index is 2.08. The third kappa shape index (κ3) is 1.71. The molecule has 1 fully saturated rings. The lowest BCUT2D eigenvalue weighted by Crippen LogP contribution is -2.17. The highest BCUT2D eigenvalue weighted by molar-refractivity contribution is 9.10. The van der Waals surface area contributed by atoms with Crippen LogP contribution in [0.3, 0.4) is 0 Å². The Morgan fingerprint density at radius 1 is 1.25 bits per heavy atom. The van der Waals surface area contributed by atoms with Crippen LogP contribution in [0.15, 0.2) is 21.2 Å². The molecule has 0 aliphatic carbocycles. The zero-order valence-corrected chi connectivity index (χ0v) is 8.04. The first-order valence-electron chi connectivity index (χ1n) is 3.85. The van der Waals surface area contributed by atoms with Gasteiger partial charge in [0.15, 0.2) is 10.4 Å². The minimum absolute atomic E-state index is 0.315. The highest BCUT2D eigenvalue weighted by atomic mass is 79.9. The second-order valence-electron chi connectivity index (χ2n) is 2.57. The van der Waals surface area contributed by atoms with E-state index in [0.717, 1.165) is 25.4 Å². The van der Waals surface area contributed by atoms with Crippen LogP contribution in [0, 0.1) is 0 Å². The lowest BCUT2D eigenvalue weighted by Gasteiger charge is -2.20. The van der Waals surface area contributed by atoms with Crippen LogP contribution in [0.25, 0.3) is 0 Å². The van der Waals surface area contributed by atoms with Crippen LogP contribution in [-0.4, -0.2) is 13.2 Å². The van der Waals surface area contributed by atoms with Gasteiger partial charge in [0, 0.05) is 0 Å². The van der Waals surface area contributed by atoms with E-state index < -0.39 is 0 Å². The molecule has 1 saturated heterocycles. The zero-order valence-electron chi connectivity index (χ0n) is 6.46. The Labute approximate surface area is 78.8 Å². The fourth-order valence-corrected chi connectivity index (χ4v) is 1.43. The van der Waals surface area contributed by atoms with Crippen molar-refractivity contribution >= 4 is 15.9 Å². The molecular weight excluding hydrogens is 224 g/mol. The quantitative estimate of drug-likeness (QED) is 0.746. The average Bonchev–Trinajstić information content (AvgIpc) is 2.54. The summed E-state index contributed by atoms with van der Waals surface area (Å²) in [6, 6.07) is 3.68. The van der Waals surface area contributed by atoms with Crippen LogP contribution in [0.5, 0.6) is 0 Å². The van der Waals surface area contributed by atoms with E-state index in [1.54, 1.807) is 0 Å². The third-order valence-corrected chi connectivity index (χ3v) is 2.08. The van der Waals surface area contributed by atoms with Gasteiger partial charge in [-0.3, -0.25) is 0 Å². The van der Waals surface area contributed by atoms with Gasteiger partial charge in [-0.2, -0.15) is 0 Å². The Bertz CT molecular complexity index is 253. The maximum Gasteiger partial charge on any atom is 0.217 e. The molecule has 0 atom stereocenters. The fourth-order valence-electron chi connectivity index (χ4n) is 1.11. The van der Waals surface area contributed by atoms with Crippen LogP contribution in [-0.2, 0) is 9.47 Å². The van der Waals surface area contributed by atoms with E-state index in [9.17, 15) is 0 Å². The van der Waals surface area contributed by atoms with E-state index in [2.05, 4.69) is 15.9 Å². The minimum atomic E-state index is -0.315. The molecule has 1 aliphatic rings. The summed E-state index contributed by atoms with van der Waals surface area (Å²) < 4.78 is 16.7. The summed E-state index contributed by atoms with van der Waals surface area (Å²) in [5.74, 6) is 0.724. The molecule has 2 heterocycles.